The molecule has 106 valence electrons. The van der Waals surface area contributed by atoms with Crippen molar-refractivity contribution in [3.8, 4) is 0 Å². The second-order valence-electron chi connectivity index (χ2n) is 3.94. The van der Waals surface area contributed by atoms with Crippen LogP contribution in [0.1, 0.15) is 17.8 Å². The molecule has 0 bridgehead atoms. The van der Waals surface area contributed by atoms with Gasteiger partial charge in [0.15, 0.2) is 6.04 Å². The van der Waals surface area contributed by atoms with E-state index in [0.717, 1.165) is 9.35 Å². The molecular formula is C14H13BrFNO2S. The fourth-order valence-corrected chi connectivity index (χ4v) is 3.34. The second kappa shape index (κ2) is 6.85. The Balaban J connectivity index is 2.31. The van der Waals surface area contributed by atoms with E-state index in [1.54, 1.807) is 25.1 Å². The summed E-state index contributed by atoms with van der Waals surface area (Å²) in [6.45, 7) is 2.01. The summed E-state index contributed by atoms with van der Waals surface area (Å²) in [5.41, 5.74) is 0.269. The maximum Gasteiger partial charge on any atom is 0.334 e. The Labute approximate surface area is 128 Å². The molecule has 0 aliphatic carbocycles. The molecule has 0 aliphatic heterocycles. The molecule has 2 aromatic rings. The molecule has 1 atom stereocenters. The molecule has 1 aromatic heterocycles. The van der Waals surface area contributed by atoms with E-state index in [-0.39, 0.29) is 12.3 Å². The van der Waals surface area contributed by atoms with Gasteiger partial charge in [-0.15, -0.1) is 11.3 Å². The summed E-state index contributed by atoms with van der Waals surface area (Å²) in [4.78, 5) is 12.8. The van der Waals surface area contributed by atoms with Crippen molar-refractivity contribution in [2.24, 2.45) is 0 Å². The zero-order chi connectivity index (χ0) is 14.5. The Hall–Kier alpha value is -1.40. The van der Waals surface area contributed by atoms with Crippen molar-refractivity contribution < 1.29 is 13.9 Å². The molecule has 0 radical (unpaired) electrons. The summed E-state index contributed by atoms with van der Waals surface area (Å²) in [6.07, 6.45) is 0. The first kappa shape index (κ1) is 15.0. The van der Waals surface area contributed by atoms with Gasteiger partial charge in [-0.1, -0.05) is 12.1 Å². The van der Waals surface area contributed by atoms with Crippen LogP contribution in [0.3, 0.4) is 0 Å². The van der Waals surface area contributed by atoms with Gasteiger partial charge in [0.1, 0.15) is 5.82 Å². The highest BCUT2D eigenvalue weighted by Crippen LogP contribution is 2.32. The maximum absolute atomic E-state index is 13.7. The molecule has 3 nitrogen and oxygen atoms in total. The van der Waals surface area contributed by atoms with E-state index in [0.29, 0.717) is 0 Å². The van der Waals surface area contributed by atoms with Crippen molar-refractivity contribution in [2.45, 2.75) is 13.0 Å². The van der Waals surface area contributed by atoms with Gasteiger partial charge >= 0.3 is 5.97 Å². The molecule has 1 heterocycles. The standard InChI is InChI=1S/C14H13BrFNO2S/c1-2-19-14(18)12(13-9(15)7-8-20-13)17-11-6-4-3-5-10(11)16/h3-8,12,17H,2H2,1H3. The normalized spacial score (nSPS) is 11.9. The van der Waals surface area contributed by atoms with Gasteiger partial charge in [-0.3, -0.25) is 0 Å². The smallest absolute Gasteiger partial charge is 0.334 e. The molecule has 0 amide bonds. The average molecular weight is 358 g/mol. The first-order chi connectivity index (χ1) is 9.63. The third-order valence-electron chi connectivity index (χ3n) is 2.60. The number of ether oxygens (including phenoxy) is 1. The predicted molar refractivity (Wildman–Crippen MR) is 81.4 cm³/mol. The number of halogens is 2. The first-order valence-electron chi connectivity index (χ1n) is 6.04. The zero-order valence-corrected chi connectivity index (χ0v) is 13.1. The Morgan fingerprint density at radius 3 is 2.80 bits per heavy atom. The van der Waals surface area contributed by atoms with Gasteiger partial charge in [-0.2, -0.15) is 0 Å². The number of hydrogen-bond donors (Lipinski definition) is 1. The van der Waals surface area contributed by atoms with E-state index in [1.165, 1.54) is 17.4 Å². The summed E-state index contributed by atoms with van der Waals surface area (Å²) in [6, 6.07) is 7.34. The fourth-order valence-electron chi connectivity index (χ4n) is 1.70. The second-order valence-corrected chi connectivity index (χ2v) is 5.74. The van der Waals surface area contributed by atoms with Crippen LogP contribution in [0.5, 0.6) is 0 Å². The third kappa shape index (κ3) is 3.37. The summed E-state index contributed by atoms with van der Waals surface area (Å²) in [5, 5.41) is 4.76. The van der Waals surface area contributed by atoms with Crippen LogP contribution in [0.15, 0.2) is 40.2 Å². The van der Waals surface area contributed by atoms with Crippen LogP contribution in [-0.2, 0) is 9.53 Å². The lowest BCUT2D eigenvalue weighted by Gasteiger charge is -2.18. The number of thiophene rings is 1. The van der Waals surface area contributed by atoms with Crippen LogP contribution < -0.4 is 5.32 Å². The molecule has 1 N–H and O–H groups in total. The SMILES string of the molecule is CCOC(=O)C(Nc1ccccc1F)c1sccc1Br. The molecule has 6 heteroatoms. The lowest BCUT2D eigenvalue weighted by Crippen LogP contribution is -2.23. The van der Waals surface area contributed by atoms with Gasteiger partial charge in [-0.25, -0.2) is 9.18 Å². The van der Waals surface area contributed by atoms with Crippen LogP contribution in [0.2, 0.25) is 0 Å². The van der Waals surface area contributed by atoms with Crippen molar-refractivity contribution in [1.29, 1.82) is 0 Å². The van der Waals surface area contributed by atoms with Gasteiger partial charge in [0.2, 0.25) is 0 Å². The van der Waals surface area contributed by atoms with Gasteiger partial charge < -0.3 is 10.1 Å². The van der Waals surface area contributed by atoms with Crippen molar-refractivity contribution in [1.82, 2.24) is 0 Å². The lowest BCUT2D eigenvalue weighted by atomic mass is 10.2. The van der Waals surface area contributed by atoms with E-state index < -0.39 is 17.8 Å². The minimum atomic E-state index is -0.735. The van der Waals surface area contributed by atoms with Crippen LogP contribution in [0, 0.1) is 5.82 Å². The van der Waals surface area contributed by atoms with E-state index in [2.05, 4.69) is 21.2 Å². The van der Waals surface area contributed by atoms with E-state index in [4.69, 9.17) is 4.74 Å². The first-order valence-corrected chi connectivity index (χ1v) is 7.71. The number of carbonyl (C=O) groups is 1. The number of nitrogens with one attached hydrogen (secondary N) is 1. The van der Waals surface area contributed by atoms with Crippen molar-refractivity contribution >= 4 is 38.9 Å². The number of hydrogen-bond acceptors (Lipinski definition) is 4. The zero-order valence-electron chi connectivity index (χ0n) is 10.7. The Kier molecular flexibility index (Phi) is 5.14. The Morgan fingerprint density at radius 1 is 1.45 bits per heavy atom. The molecule has 0 saturated heterocycles. The minimum Gasteiger partial charge on any atom is -0.464 e. The van der Waals surface area contributed by atoms with Gasteiger partial charge in [0.25, 0.3) is 0 Å². The monoisotopic (exact) mass is 357 g/mol. The molecule has 1 aromatic carbocycles. The lowest BCUT2D eigenvalue weighted by molar-refractivity contribution is -0.144. The summed E-state index contributed by atoms with van der Waals surface area (Å²) < 4.78 is 19.6. The van der Waals surface area contributed by atoms with Crippen LogP contribution in [-0.4, -0.2) is 12.6 Å². The fraction of sp³-hybridized carbons (Fsp3) is 0.214. The third-order valence-corrected chi connectivity index (χ3v) is 4.54. The highest BCUT2D eigenvalue weighted by atomic mass is 79.9. The highest BCUT2D eigenvalue weighted by Gasteiger charge is 2.26. The summed E-state index contributed by atoms with van der Waals surface area (Å²) in [7, 11) is 0. The summed E-state index contributed by atoms with van der Waals surface area (Å²) >= 11 is 4.79. The Morgan fingerprint density at radius 2 is 2.20 bits per heavy atom. The largest absolute Gasteiger partial charge is 0.464 e. The number of carbonyl (C=O) groups excluding carboxylic acids is 1. The van der Waals surface area contributed by atoms with Crippen molar-refractivity contribution in [3.05, 3.63) is 50.9 Å². The molecule has 0 spiro atoms. The Bertz CT molecular complexity index is 602. The molecule has 20 heavy (non-hydrogen) atoms. The minimum absolute atomic E-state index is 0.269. The molecule has 2 rings (SSSR count). The molecule has 0 aliphatic rings. The number of anilines is 1. The number of esters is 1. The van der Waals surface area contributed by atoms with Crippen LogP contribution in [0.25, 0.3) is 0 Å². The average Bonchev–Trinajstić information content (AvgIpc) is 2.84. The highest BCUT2D eigenvalue weighted by molar-refractivity contribution is 9.10. The molecule has 0 saturated carbocycles. The van der Waals surface area contributed by atoms with Crippen LogP contribution >= 0.6 is 27.3 Å². The molecular weight excluding hydrogens is 345 g/mol. The van der Waals surface area contributed by atoms with E-state index in [1.807, 2.05) is 11.4 Å². The molecule has 1 unspecified atom stereocenters. The maximum atomic E-state index is 13.7. The van der Waals surface area contributed by atoms with Crippen LogP contribution in [0.4, 0.5) is 10.1 Å². The van der Waals surface area contributed by atoms with E-state index >= 15 is 0 Å². The van der Waals surface area contributed by atoms with Gasteiger partial charge in [0.05, 0.1) is 17.2 Å². The predicted octanol–water partition coefficient (Wildman–Crippen LogP) is 4.37. The number of rotatable bonds is 5. The van der Waals surface area contributed by atoms with Crippen molar-refractivity contribution in [3.63, 3.8) is 0 Å². The number of benzene rings is 1. The van der Waals surface area contributed by atoms with Gasteiger partial charge in [-0.05, 0) is 46.4 Å². The quantitative estimate of drug-likeness (QED) is 0.807. The van der Waals surface area contributed by atoms with Gasteiger partial charge in [0, 0.05) is 4.47 Å². The van der Waals surface area contributed by atoms with E-state index in [9.17, 15) is 9.18 Å². The topological polar surface area (TPSA) is 38.3 Å². The number of para-hydroxylation sites is 1. The molecule has 0 fully saturated rings. The summed E-state index contributed by atoms with van der Waals surface area (Å²) in [5.74, 6) is -0.839. The van der Waals surface area contributed by atoms with Crippen molar-refractivity contribution in [2.75, 3.05) is 11.9 Å².